The van der Waals surface area contributed by atoms with E-state index in [1.165, 1.54) is 0 Å². The minimum Gasteiger partial charge on any atom is -0.353 e. The molecule has 2 aliphatic rings. The summed E-state index contributed by atoms with van der Waals surface area (Å²) in [4.78, 5) is 37.6. The fourth-order valence-electron chi connectivity index (χ4n) is 5.96. The molecule has 15 heteroatoms. The van der Waals surface area contributed by atoms with Gasteiger partial charge in [0.25, 0.3) is 0 Å². The van der Waals surface area contributed by atoms with Gasteiger partial charge in [0.1, 0.15) is 5.82 Å². The maximum Gasteiger partial charge on any atom is 0.241 e. The van der Waals surface area contributed by atoms with E-state index in [9.17, 15) is 18.0 Å². The summed E-state index contributed by atoms with van der Waals surface area (Å²) in [6, 6.07) is 18.4. The number of imide groups is 1. The van der Waals surface area contributed by atoms with Gasteiger partial charge < -0.3 is 15.5 Å². The molecule has 2 aromatic carbocycles. The fraction of sp³-hybridized carbons (Fsp3) is 0.371. The molecule has 0 saturated carbocycles. The van der Waals surface area contributed by atoms with E-state index >= 15 is 0 Å². The summed E-state index contributed by atoms with van der Waals surface area (Å²) in [7, 11) is -3.70. The number of anilines is 5. The van der Waals surface area contributed by atoms with Crippen molar-refractivity contribution in [3.8, 4) is 0 Å². The molecule has 2 fully saturated rings. The van der Waals surface area contributed by atoms with Crippen LogP contribution in [0, 0.1) is 6.92 Å². The lowest BCUT2D eigenvalue weighted by atomic mass is 9.89. The SMILES string of the molecule is Cc1cnc(Nc2ccc(N3CCN(Cc4cccc(C5CCC(=O)NC5=O)c4)CC3)nn2)nc1Nc1cccc(S(=O)(=O)NC(C)(C)C)c1. The van der Waals surface area contributed by atoms with E-state index in [-0.39, 0.29) is 22.6 Å². The van der Waals surface area contributed by atoms with Crippen molar-refractivity contribution in [2.45, 2.75) is 63.4 Å². The van der Waals surface area contributed by atoms with E-state index in [1.807, 2.05) is 31.2 Å². The second kappa shape index (κ2) is 14.5. The van der Waals surface area contributed by atoms with E-state index in [1.54, 1.807) is 51.2 Å². The van der Waals surface area contributed by atoms with E-state index in [2.05, 4.69) is 62.8 Å². The van der Waals surface area contributed by atoms with Crippen molar-refractivity contribution in [2.24, 2.45) is 0 Å². The first kappa shape index (κ1) is 34.9. The number of carbonyl (C=O) groups is 2. The van der Waals surface area contributed by atoms with Gasteiger partial charge in [-0.25, -0.2) is 18.1 Å². The van der Waals surface area contributed by atoms with Crippen LogP contribution in [0.5, 0.6) is 0 Å². The summed E-state index contributed by atoms with van der Waals surface area (Å²) >= 11 is 0. The predicted octanol–water partition coefficient (Wildman–Crippen LogP) is 3.98. The van der Waals surface area contributed by atoms with Crippen LogP contribution in [0.4, 0.5) is 29.1 Å². The van der Waals surface area contributed by atoms with Crippen LogP contribution in [-0.2, 0) is 26.2 Å². The zero-order valence-electron chi connectivity index (χ0n) is 28.6. The number of benzene rings is 2. The zero-order valence-corrected chi connectivity index (χ0v) is 29.4. The summed E-state index contributed by atoms with van der Waals surface area (Å²) in [6.45, 7) is 11.3. The quantitative estimate of drug-likeness (QED) is 0.176. The number of aromatic nitrogens is 4. The molecular formula is C35H42N10O4S. The Morgan fingerprint density at radius 2 is 1.72 bits per heavy atom. The standard InChI is InChI=1S/C35H42N10O4S/c1-23-21-36-34(40-32(23)37-26-9-6-10-27(20-26)50(48,49)43-35(2,3)4)38-29-12-13-30(42-41-29)45-17-15-44(16-18-45)22-24-7-5-8-25(19-24)28-11-14-31(46)39-33(28)47/h5-10,12-13,19-21,28,43H,11,14-18,22H2,1-4H3,(H,39,46,47)(H2,36,37,38,40,41). The highest BCUT2D eigenvalue weighted by Crippen LogP contribution is 2.27. The lowest BCUT2D eigenvalue weighted by Gasteiger charge is -2.35. The number of nitrogens with one attached hydrogen (secondary N) is 4. The maximum absolute atomic E-state index is 12.8. The third-order valence-electron chi connectivity index (χ3n) is 8.40. The lowest BCUT2D eigenvalue weighted by molar-refractivity contribution is -0.134. The first-order chi connectivity index (χ1) is 23.8. The zero-order chi connectivity index (χ0) is 35.5. The Kier molecular flexibility index (Phi) is 10.1. The van der Waals surface area contributed by atoms with Gasteiger partial charge in [-0.05, 0) is 75.6 Å². The van der Waals surface area contributed by atoms with Crippen molar-refractivity contribution in [3.63, 3.8) is 0 Å². The molecule has 4 heterocycles. The number of rotatable bonds is 10. The van der Waals surface area contributed by atoms with E-state index in [0.717, 1.165) is 55.2 Å². The Labute approximate surface area is 292 Å². The lowest BCUT2D eigenvalue weighted by Crippen LogP contribution is -2.46. The van der Waals surface area contributed by atoms with Crippen molar-refractivity contribution < 1.29 is 18.0 Å². The van der Waals surface area contributed by atoms with Crippen molar-refractivity contribution in [1.29, 1.82) is 0 Å². The Morgan fingerprint density at radius 3 is 2.44 bits per heavy atom. The highest BCUT2D eigenvalue weighted by atomic mass is 32.2. The Bertz CT molecular complexity index is 1970. The maximum atomic E-state index is 12.8. The smallest absolute Gasteiger partial charge is 0.241 e. The second-order valence-electron chi connectivity index (χ2n) is 13.6. The number of carbonyl (C=O) groups excluding carboxylic acids is 2. The van der Waals surface area contributed by atoms with E-state index < -0.39 is 15.6 Å². The highest BCUT2D eigenvalue weighted by molar-refractivity contribution is 7.89. The minimum absolute atomic E-state index is 0.149. The third kappa shape index (κ3) is 8.77. The molecule has 0 aliphatic carbocycles. The molecule has 2 aliphatic heterocycles. The number of amides is 2. The van der Waals surface area contributed by atoms with Gasteiger partial charge in [0.2, 0.25) is 27.8 Å². The molecule has 1 unspecified atom stereocenters. The van der Waals surface area contributed by atoms with Crippen molar-refractivity contribution in [3.05, 3.63) is 83.6 Å². The topological polar surface area (TPSA) is 174 Å². The van der Waals surface area contributed by atoms with Crippen molar-refractivity contribution in [2.75, 3.05) is 41.7 Å². The van der Waals surface area contributed by atoms with Crippen LogP contribution in [0.15, 0.2) is 71.8 Å². The van der Waals surface area contributed by atoms with Crippen LogP contribution >= 0.6 is 0 Å². The summed E-state index contributed by atoms with van der Waals surface area (Å²) < 4.78 is 28.4. The van der Waals surface area contributed by atoms with Crippen LogP contribution in [0.1, 0.15) is 56.2 Å². The summed E-state index contributed by atoms with van der Waals surface area (Å²) in [5.74, 6) is 1.39. The Hall–Kier alpha value is -4.99. The van der Waals surface area contributed by atoms with Gasteiger partial charge >= 0.3 is 0 Å². The molecule has 1 atom stereocenters. The highest BCUT2D eigenvalue weighted by Gasteiger charge is 2.28. The predicted molar refractivity (Wildman–Crippen MR) is 191 cm³/mol. The van der Waals surface area contributed by atoms with Crippen LogP contribution in [0.2, 0.25) is 0 Å². The first-order valence-corrected chi connectivity index (χ1v) is 18.0. The van der Waals surface area contributed by atoms with Gasteiger partial charge in [-0.3, -0.25) is 19.8 Å². The first-order valence-electron chi connectivity index (χ1n) is 16.6. The van der Waals surface area contributed by atoms with Crippen molar-refractivity contribution >= 4 is 50.9 Å². The Balaban J connectivity index is 1.03. The number of piperidine rings is 1. The largest absolute Gasteiger partial charge is 0.353 e. The normalized spacial score (nSPS) is 17.4. The molecule has 6 rings (SSSR count). The fourth-order valence-corrected chi connectivity index (χ4v) is 7.42. The average molecular weight is 699 g/mol. The molecule has 4 N–H and O–H groups in total. The molecule has 0 spiro atoms. The number of sulfonamides is 1. The van der Waals surface area contributed by atoms with Gasteiger partial charge in [0.15, 0.2) is 11.6 Å². The molecule has 50 heavy (non-hydrogen) atoms. The van der Waals surface area contributed by atoms with Crippen LogP contribution in [0.3, 0.4) is 0 Å². The molecule has 4 aromatic rings. The Morgan fingerprint density at radius 1 is 0.940 bits per heavy atom. The second-order valence-corrected chi connectivity index (χ2v) is 15.3. The minimum atomic E-state index is -3.70. The molecule has 2 saturated heterocycles. The van der Waals surface area contributed by atoms with Crippen molar-refractivity contribution in [1.82, 2.24) is 35.1 Å². The van der Waals surface area contributed by atoms with Gasteiger partial charge in [-0.15, -0.1) is 10.2 Å². The summed E-state index contributed by atoms with van der Waals surface area (Å²) in [5.41, 5.74) is 2.83. The van der Waals surface area contributed by atoms with Crippen LogP contribution in [-0.4, -0.2) is 77.0 Å². The van der Waals surface area contributed by atoms with E-state index in [0.29, 0.717) is 36.1 Å². The molecule has 0 bridgehead atoms. The molecular weight excluding hydrogens is 657 g/mol. The third-order valence-corrected chi connectivity index (χ3v) is 10.2. The van der Waals surface area contributed by atoms with Gasteiger partial charge in [-0.2, -0.15) is 4.98 Å². The van der Waals surface area contributed by atoms with Crippen LogP contribution < -0.4 is 25.6 Å². The van der Waals surface area contributed by atoms with Gasteiger partial charge in [0.05, 0.1) is 10.8 Å². The summed E-state index contributed by atoms with van der Waals surface area (Å²) in [5, 5.41) is 17.6. The van der Waals surface area contributed by atoms with Gasteiger partial charge in [-0.1, -0.05) is 30.3 Å². The molecule has 14 nitrogen and oxygen atoms in total. The number of hydrogen-bond acceptors (Lipinski definition) is 12. The molecule has 0 radical (unpaired) electrons. The number of hydrogen-bond donors (Lipinski definition) is 4. The average Bonchev–Trinajstić information content (AvgIpc) is 3.06. The molecule has 262 valence electrons. The van der Waals surface area contributed by atoms with Gasteiger partial charge in [0, 0.05) is 62.1 Å². The van der Waals surface area contributed by atoms with E-state index in [4.69, 9.17) is 0 Å². The molecule has 2 aromatic heterocycles. The number of aryl methyl sites for hydroxylation is 1. The van der Waals surface area contributed by atoms with Crippen LogP contribution in [0.25, 0.3) is 0 Å². The monoisotopic (exact) mass is 698 g/mol. The number of piperazine rings is 1. The molecule has 2 amide bonds. The summed E-state index contributed by atoms with van der Waals surface area (Å²) in [6.07, 6.45) is 2.58. The number of nitrogens with zero attached hydrogens (tertiary/aromatic N) is 6.